The van der Waals surface area contributed by atoms with E-state index in [-0.39, 0.29) is 0 Å². The summed E-state index contributed by atoms with van der Waals surface area (Å²) in [4.78, 5) is 4.70. The van der Waals surface area contributed by atoms with Gasteiger partial charge >= 0.3 is 0 Å². The van der Waals surface area contributed by atoms with Crippen molar-refractivity contribution in [3.63, 3.8) is 0 Å². The van der Waals surface area contributed by atoms with Gasteiger partial charge in [-0.25, -0.2) is 4.98 Å². The van der Waals surface area contributed by atoms with Crippen LogP contribution in [0, 0.1) is 6.92 Å². The minimum absolute atomic E-state index is 0.675. The van der Waals surface area contributed by atoms with E-state index in [1.807, 2.05) is 55.5 Å². The molecule has 0 N–H and O–H groups in total. The first-order chi connectivity index (χ1) is 9.15. The average molecular weight is 288 g/mol. The molecule has 19 heavy (non-hydrogen) atoms. The second-order valence-corrected chi connectivity index (χ2v) is 5.32. The van der Waals surface area contributed by atoms with E-state index in [0.717, 1.165) is 27.7 Å². The van der Waals surface area contributed by atoms with E-state index < -0.39 is 0 Å². The molecular weight excluding hydrogens is 277 g/mol. The highest BCUT2D eigenvalue weighted by Crippen LogP contribution is 2.31. The summed E-state index contributed by atoms with van der Waals surface area (Å²) in [5.74, 6) is 0. The van der Waals surface area contributed by atoms with Crippen LogP contribution in [0.15, 0.2) is 48.5 Å². The Morgan fingerprint density at radius 2 is 1.68 bits per heavy atom. The number of aromatic nitrogens is 1. The number of nitrogens with zero attached hydrogens (tertiary/aromatic N) is 1. The zero-order chi connectivity index (χ0) is 13.4. The van der Waals surface area contributed by atoms with Gasteiger partial charge in [-0.15, -0.1) is 0 Å². The summed E-state index contributed by atoms with van der Waals surface area (Å²) in [5, 5.41) is 2.25. The maximum absolute atomic E-state index is 6.36. The lowest BCUT2D eigenvalue weighted by Gasteiger charge is -2.08. The maximum Gasteiger partial charge on any atom is 0.0754 e. The van der Waals surface area contributed by atoms with Crippen LogP contribution in [0.2, 0.25) is 10.0 Å². The molecule has 0 aliphatic rings. The van der Waals surface area contributed by atoms with Crippen molar-refractivity contribution >= 4 is 34.1 Å². The normalized spacial score (nSPS) is 10.9. The van der Waals surface area contributed by atoms with Crippen LogP contribution in [0.3, 0.4) is 0 Å². The second kappa shape index (κ2) is 4.84. The summed E-state index contributed by atoms with van der Waals surface area (Å²) in [6.07, 6.45) is 0. The molecule has 0 aliphatic carbocycles. The first kappa shape index (κ1) is 12.5. The lowest BCUT2D eigenvalue weighted by molar-refractivity contribution is 1.36. The largest absolute Gasteiger partial charge is 0.247 e. The van der Waals surface area contributed by atoms with Crippen molar-refractivity contribution < 1.29 is 0 Å². The number of benzene rings is 2. The van der Waals surface area contributed by atoms with Gasteiger partial charge in [-0.05, 0) is 30.7 Å². The van der Waals surface area contributed by atoms with Crippen molar-refractivity contribution in [3.05, 3.63) is 64.1 Å². The molecule has 0 saturated carbocycles. The van der Waals surface area contributed by atoms with Crippen molar-refractivity contribution in [1.82, 2.24) is 4.98 Å². The van der Waals surface area contributed by atoms with Gasteiger partial charge < -0.3 is 0 Å². The average Bonchev–Trinajstić information content (AvgIpc) is 2.41. The number of halogens is 2. The molecule has 0 radical (unpaired) electrons. The van der Waals surface area contributed by atoms with E-state index in [2.05, 4.69) is 0 Å². The maximum atomic E-state index is 6.36. The summed E-state index contributed by atoms with van der Waals surface area (Å²) >= 11 is 12.4. The smallest absolute Gasteiger partial charge is 0.0754 e. The number of hydrogen-bond acceptors (Lipinski definition) is 1. The lowest BCUT2D eigenvalue weighted by Crippen LogP contribution is -1.89. The van der Waals surface area contributed by atoms with Gasteiger partial charge in [0.2, 0.25) is 0 Å². The molecule has 3 rings (SSSR count). The molecule has 0 atom stereocenters. The van der Waals surface area contributed by atoms with Gasteiger partial charge in [0.15, 0.2) is 0 Å². The summed E-state index contributed by atoms with van der Waals surface area (Å²) in [6, 6.07) is 15.7. The highest BCUT2D eigenvalue weighted by Gasteiger charge is 2.09. The van der Waals surface area contributed by atoms with E-state index >= 15 is 0 Å². The van der Waals surface area contributed by atoms with Crippen LogP contribution in [0.4, 0.5) is 0 Å². The SMILES string of the molecule is Cc1cc(Cl)cc2c(Cl)cc(-c3ccccc3)nc12. The van der Waals surface area contributed by atoms with E-state index in [1.165, 1.54) is 0 Å². The van der Waals surface area contributed by atoms with Crippen molar-refractivity contribution in [2.75, 3.05) is 0 Å². The Kier molecular flexibility index (Phi) is 3.17. The lowest BCUT2D eigenvalue weighted by atomic mass is 10.1. The number of aryl methyl sites for hydroxylation is 1. The van der Waals surface area contributed by atoms with Crippen molar-refractivity contribution in [2.24, 2.45) is 0 Å². The number of rotatable bonds is 1. The minimum atomic E-state index is 0.675. The fourth-order valence-electron chi connectivity index (χ4n) is 2.17. The van der Waals surface area contributed by atoms with Crippen molar-refractivity contribution in [2.45, 2.75) is 6.92 Å². The predicted octanol–water partition coefficient (Wildman–Crippen LogP) is 5.52. The molecule has 3 aromatic rings. The van der Waals surface area contributed by atoms with Crippen molar-refractivity contribution in [1.29, 1.82) is 0 Å². The molecule has 94 valence electrons. The van der Waals surface area contributed by atoms with Gasteiger partial charge in [-0.3, -0.25) is 0 Å². The topological polar surface area (TPSA) is 12.9 Å². The zero-order valence-electron chi connectivity index (χ0n) is 10.3. The molecule has 0 saturated heterocycles. The Labute approximate surface area is 121 Å². The summed E-state index contributed by atoms with van der Waals surface area (Å²) < 4.78 is 0. The Bertz CT molecular complexity index is 752. The van der Waals surface area contributed by atoms with Gasteiger partial charge in [0.05, 0.1) is 16.2 Å². The minimum Gasteiger partial charge on any atom is -0.247 e. The number of fused-ring (bicyclic) bond motifs is 1. The van der Waals surface area contributed by atoms with E-state index in [1.54, 1.807) is 0 Å². The van der Waals surface area contributed by atoms with Crippen LogP contribution in [0.5, 0.6) is 0 Å². The fraction of sp³-hybridized carbons (Fsp3) is 0.0625. The molecule has 0 aliphatic heterocycles. The predicted molar refractivity (Wildman–Crippen MR) is 81.9 cm³/mol. The van der Waals surface area contributed by atoms with E-state index in [0.29, 0.717) is 10.0 Å². The summed E-state index contributed by atoms with van der Waals surface area (Å²) in [5.41, 5.74) is 3.86. The summed E-state index contributed by atoms with van der Waals surface area (Å²) in [6.45, 7) is 1.99. The van der Waals surface area contributed by atoms with Crippen molar-refractivity contribution in [3.8, 4) is 11.3 Å². The molecule has 0 amide bonds. The Morgan fingerprint density at radius 1 is 0.947 bits per heavy atom. The highest BCUT2D eigenvalue weighted by atomic mass is 35.5. The molecular formula is C16H11Cl2N. The highest BCUT2D eigenvalue weighted by molar-refractivity contribution is 6.37. The van der Waals surface area contributed by atoms with Crippen LogP contribution < -0.4 is 0 Å². The Hall–Kier alpha value is -1.57. The number of pyridine rings is 1. The zero-order valence-corrected chi connectivity index (χ0v) is 11.8. The molecule has 1 heterocycles. The molecule has 0 spiro atoms. The third kappa shape index (κ3) is 2.32. The molecule has 3 heteroatoms. The van der Waals surface area contributed by atoms with Crippen LogP contribution in [-0.4, -0.2) is 4.98 Å². The van der Waals surface area contributed by atoms with E-state index in [9.17, 15) is 0 Å². The second-order valence-electron chi connectivity index (χ2n) is 4.47. The van der Waals surface area contributed by atoms with E-state index in [4.69, 9.17) is 28.2 Å². The molecule has 1 aromatic heterocycles. The third-order valence-electron chi connectivity index (χ3n) is 3.09. The molecule has 1 nitrogen and oxygen atoms in total. The van der Waals surface area contributed by atoms with Gasteiger partial charge in [-0.2, -0.15) is 0 Å². The van der Waals surface area contributed by atoms with Gasteiger partial charge in [0.1, 0.15) is 0 Å². The van der Waals surface area contributed by atoms with Crippen LogP contribution >= 0.6 is 23.2 Å². The van der Waals surface area contributed by atoms with Gasteiger partial charge in [0.25, 0.3) is 0 Å². The van der Waals surface area contributed by atoms with Gasteiger partial charge in [0, 0.05) is 16.0 Å². The fourth-order valence-corrected chi connectivity index (χ4v) is 2.69. The molecule has 2 aromatic carbocycles. The standard InChI is InChI=1S/C16H11Cl2N/c1-10-7-12(17)8-13-14(18)9-15(19-16(10)13)11-5-3-2-4-6-11/h2-9H,1H3. The Morgan fingerprint density at radius 3 is 2.42 bits per heavy atom. The summed E-state index contributed by atoms with van der Waals surface area (Å²) in [7, 11) is 0. The number of hydrogen-bond donors (Lipinski definition) is 0. The quantitative estimate of drug-likeness (QED) is 0.574. The third-order valence-corrected chi connectivity index (χ3v) is 3.62. The van der Waals surface area contributed by atoms with Gasteiger partial charge in [-0.1, -0.05) is 53.5 Å². The first-order valence-corrected chi connectivity index (χ1v) is 6.72. The van der Waals surface area contributed by atoms with Crippen LogP contribution in [0.25, 0.3) is 22.2 Å². The first-order valence-electron chi connectivity index (χ1n) is 5.97. The molecule has 0 bridgehead atoms. The van der Waals surface area contributed by atoms with Crippen LogP contribution in [-0.2, 0) is 0 Å². The molecule has 0 fully saturated rings. The molecule has 0 unspecified atom stereocenters. The monoisotopic (exact) mass is 287 g/mol. The Balaban J connectivity index is 2.31. The van der Waals surface area contributed by atoms with Crippen LogP contribution in [0.1, 0.15) is 5.56 Å².